The Morgan fingerprint density at radius 3 is 3.05 bits per heavy atom. The number of fused-ring (bicyclic) bond motifs is 1. The van der Waals surface area contributed by atoms with Crippen molar-refractivity contribution in [1.29, 1.82) is 5.26 Å². The summed E-state index contributed by atoms with van der Waals surface area (Å²) in [6.07, 6.45) is 1.65. The Bertz CT molecular complexity index is 757. The standard InChI is InChI=1S/C14H10N4S/c15-7-12-5-10(3-4-16-12)8-17-11-1-2-13-14(6-11)19-9-18-13/h1-6,9,17H,8H2. The molecule has 3 rings (SSSR count). The maximum atomic E-state index is 8.80. The molecule has 0 amide bonds. The molecule has 1 aromatic carbocycles. The number of pyridine rings is 1. The lowest BCUT2D eigenvalue weighted by Crippen LogP contribution is -2.00. The number of thiazole rings is 1. The Balaban J connectivity index is 1.76. The van der Waals surface area contributed by atoms with Crippen LogP contribution in [-0.2, 0) is 6.54 Å². The van der Waals surface area contributed by atoms with Crippen molar-refractivity contribution in [1.82, 2.24) is 9.97 Å². The van der Waals surface area contributed by atoms with E-state index in [1.54, 1.807) is 23.6 Å². The van der Waals surface area contributed by atoms with Crippen LogP contribution >= 0.6 is 11.3 Å². The van der Waals surface area contributed by atoms with Crippen molar-refractivity contribution in [3.8, 4) is 6.07 Å². The van der Waals surface area contributed by atoms with Gasteiger partial charge in [-0.05, 0) is 35.9 Å². The summed E-state index contributed by atoms with van der Waals surface area (Å²) in [5.74, 6) is 0. The minimum absolute atomic E-state index is 0.442. The lowest BCUT2D eigenvalue weighted by Gasteiger charge is -2.06. The summed E-state index contributed by atoms with van der Waals surface area (Å²) in [7, 11) is 0. The Kier molecular flexibility index (Phi) is 3.09. The molecule has 1 N–H and O–H groups in total. The average molecular weight is 266 g/mol. The Labute approximate surface area is 114 Å². The molecular formula is C14H10N4S. The van der Waals surface area contributed by atoms with Crippen LogP contribution in [0.2, 0.25) is 0 Å². The maximum Gasteiger partial charge on any atom is 0.140 e. The van der Waals surface area contributed by atoms with E-state index in [1.165, 1.54) is 0 Å². The third-order valence-corrected chi connectivity index (χ3v) is 3.56. The topological polar surface area (TPSA) is 61.6 Å². The number of nitrogens with zero attached hydrogens (tertiary/aromatic N) is 3. The van der Waals surface area contributed by atoms with Gasteiger partial charge >= 0.3 is 0 Å². The van der Waals surface area contributed by atoms with Gasteiger partial charge in [-0.3, -0.25) is 0 Å². The van der Waals surface area contributed by atoms with Crippen molar-refractivity contribution in [2.75, 3.05) is 5.32 Å². The van der Waals surface area contributed by atoms with Crippen LogP contribution in [0.1, 0.15) is 11.3 Å². The summed E-state index contributed by atoms with van der Waals surface area (Å²) < 4.78 is 1.16. The molecule has 92 valence electrons. The van der Waals surface area contributed by atoms with Crippen molar-refractivity contribution >= 4 is 27.2 Å². The molecule has 0 saturated carbocycles. The first-order chi connectivity index (χ1) is 9.35. The minimum Gasteiger partial charge on any atom is -0.381 e. The van der Waals surface area contributed by atoms with Crippen LogP contribution in [0, 0.1) is 11.3 Å². The molecule has 0 fully saturated rings. The van der Waals surface area contributed by atoms with E-state index in [0.717, 1.165) is 21.5 Å². The SMILES string of the molecule is N#Cc1cc(CNc2ccc3ncsc3c2)ccn1. The predicted molar refractivity (Wildman–Crippen MR) is 75.9 cm³/mol. The van der Waals surface area contributed by atoms with E-state index in [2.05, 4.69) is 21.4 Å². The zero-order valence-corrected chi connectivity index (χ0v) is 10.8. The van der Waals surface area contributed by atoms with Crippen LogP contribution in [0.15, 0.2) is 42.0 Å². The molecule has 0 unspecified atom stereocenters. The van der Waals surface area contributed by atoms with Crippen LogP contribution in [0.4, 0.5) is 5.69 Å². The molecule has 0 aliphatic rings. The fourth-order valence-corrected chi connectivity index (χ4v) is 2.53. The van der Waals surface area contributed by atoms with Crippen LogP contribution in [0.5, 0.6) is 0 Å². The van der Waals surface area contributed by atoms with Gasteiger partial charge in [-0.2, -0.15) is 5.26 Å². The van der Waals surface area contributed by atoms with Gasteiger partial charge in [0.25, 0.3) is 0 Å². The lowest BCUT2D eigenvalue weighted by atomic mass is 10.2. The minimum atomic E-state index is 0.442. The van der Waals surface area contributed by atoms with E-state index >= 15 is 0 Å². The van der Waals surface area contributed by atoms with Crippen LogP contribution in [0.25, 0.3) is 10.2 Å². The normalized spacial score (nSPS) is 10.3. The average Bonchev–Trinajstić information content (AvgIpc) is 2.93. The third-order valence-electron chi connectivity index (χ3n) is 2.77. The molecule has 5 heteroatoms. The number of hydrogen-bond acceptors (Lipinski definition) is 5. The molecule has 0 aliphatic carbocycles. The number of rotatable bonds is 3. The molecule has 19 heavy (non-hydrogen) atoms. The number of anilines is 1. The largest absolute Gasteiger partial charge is 0.381 e. The maximum absolute atomic E-state index is 8.80. The van der Waals surface area contributed by atoms with Crippen molar-refractivity contribution in [2.45, 2.75) is 6.54 Å². The second-order valence-electron chi connectivity index (χ2n) is 4.05. The van der Waals surface area contributed by atoms with Gasteiger partial charge in [0.05, 0.1) is 15.7 Å². The molecule has 0 spiro atoms. The summed E-state index contributed by atoms with van der Waals surface area (Å²) in [4.78, 5) is 8.20. The number of nitriles is 1. The molecule has 0 aliphatic heterocycles. The second kappa shape index (κ2) is 5.04. The van der Waals surface area contributed by atoms with Crippen LogP contribution < -0.4 is 5.32 Å². The Hall–Kier alpha value is -2.45. The fraction of sp³-hybridized carbons (Fsp3) is 0.0714. The quantitative estimate of drug-likeness (QED) is 0.791. The summed E-state index contributed by atoms with van der Waals surface area (Å²) in [5, 5.41) is 12.1. The smallest absolute Gasteiger partial charge is 0.140 e. The van der Waals surface area contributed by atoms with Gasteiger partial charge in [0, 0.05) is 18.4 Å². The number of benzene rings is 1. The third kappa shape index (κ3) is 2.54. The Morgan fingerprint density at radius 1 is 1.21 bits per heavy atom. The highest BCUT2D eigenvalue weighted by atomic mass is 32.1. The second-order valence-corrected chi connectivity index (χ2v) is 4.94. The highest BCUT2D eigenvalue weighted by Gasteiger charge is 2.00. The van der Waals surface area contributed by atoms with Gasteiger partial charge in [-0.15, -0.1) is 11.3 Å². The number of nitrogens with one attached hydrogen (secondary N) is 1. The fourth-order valence-electron chi connectivity index (χ4n) is 1.81. The molecule has 4 nitrogen and oxygen atoms in total. The van der Waals surface area contributed by atoms with E-state index < -0.39 is 0 Å². The van der Waals surface area contributed by atoms with E-state index in [1.807, 2.05) is 29.8 Å². The molecule has 2 aromatic heterocycles. The first kappa shape index (κ1) is 11.6. The highest BCUT2D eigenvalue weighted by Crippen LogP contribution is 2.22. The lowest BCUT2D eigenvalue weighted by molar-refractivity contribution is 1.12. The molecule has 0 atom stereocenters. The van der Waals surface area contributed by atoms with Crippen molar-refractivity contribution in [2.24, 2.45) is 0 Å². The molecule has 0 bridgehead atoms. The first-order valence-corrected chi connectivity index (χ1v) is 6.65. The molecule has 3 aromatic rings. The Morgan fingerprint density at radius 2 is 2.16 bits per heavy atom. The molecule has 0 saturated heterocycles. The van der Waals surface area contributed by atoms with E-state index in [-0.39, 0.29) is 0 Å². The van der Waals surface area contributed by atoms with Crippen LogP contribution in [0.3, 0.4) is 0 Å². The summed E-state index contributed by atoms with van der Waals surface area (Å²) >= 11 is 1.63. The monoisotopic (exact) mass is 266 g/mol. The summed E-state index contributed by atoms with van der Waals surface area (Å²) in [5.41, 5.74) is 5.39. The highest BCUT2D eigenvalue weighted by molar-refractivity contribution is 7.16. The van der Waals surface area contributed by atoms with Gasteiger partial charge in [0.15, 0.2) is 0 Å². The van der Waals surface area contributed by atoms with Crippen LogP contribution in [-0.4, -0.2) is 9.97 Å². The van der Waals surface area contributed by atoms with Crippen molar-refractivity contribution < 1.29 is 0 Å². The van der Waals surface area contributed by atoms with Crippen molar-refractivity contribution in [3.63, 3.8) is 0 Å². The van der Waals surface area contributed by atoms with E-state index in [0.29, 0.717) is 12.2 Å². The first-order valence-electron chi connectivity index (χ1n) is 5.77. The van der Waals surface area contributed by atoms with Gasteiger partial charge < -0.3 is 5.32 Å². The van der Waals surface area contributed by atoms with Gasteiger partial charge in [0.1, 0.15) is 11.8 Å². The zero-order chi connectivity index (χ0) is 13.1. The molecule has 0 radical (unpaired) electrons. The summed E-state index contributed by atoms with van der Waals surface area (Å²) in [6.45, 7) is 0.668. The van der Waals surface area contributed by atoms with Gasteiger partial charge in [-0.1, -0.05) is 0 Å². The van der Waals surface area contributed by atoms with Gasteiger partial charge in [0.2, 0.25) is 0 Å². The molecular weight excluding hydrogens is 256 g/mol. The van der Waals surface area contributed by atoms with Gasteiger partial charge in [-0.25, -0.2) is 9.97 Å². The van der Waals surface area contributed by atoms with E-state index in [4.69, 9.17) is 5.26 Å². The number of aromatic nitrogens is 2. The van der Waals surface area contributed by atoms with Crippen molar-refractivity contribution in [3.05, 3.63) is 53.3 Å². The summed E-state index contributed by atoms with van der Waals surface area (Å²) in [6, 6.07) is 11.8. The predicted octanol–water partition coefficient (Wildman–Crippen LogP) is 3.18. The zero-order valence-electron chi connectivity index (χ0n) is 10.00. The number of hydrogen-bond donors (Lipinski definition) is 1. The van der Waals surface area contributed by atoms with E-state index in [9.17, 15) is 0 Å². The molecule has 2 heterocycles.